The van der Waals surface area contributed by atoms with Crippen LogP contribution in [-0.2, 0) is 55.5 Å². The number of nitrogen functional groups attached to an aromatic ring is 1. The van der Waals surface area contributed by atoms with Gasteiger partial charge in [0.05, 0.1) is 19.5 Å². The summed E-state index contributed by atoms with van der Waals surface area (Å²) in [7, 11) is -16.5. The molecule has 1 fully saturated rings. The van der Waals surface area contributed by atoms with Crippen LogP contribution < -0.4 is 16.4 Å². The zero-order valence-corrected chi connectivity index (χ0v) is 34.1. The summed E-state index contributed by atoms with van der Waals surface area (Å²) in [5.41, 5.74) is 4.19. The van der Waals surface area contributed by atoms with E-state index in [2.05, 4.69) is 34.4 Å². The van der Waals surface area contributed by atoms with Crippen molar-refractivity contribution < 1.29 is 90.4 Å². The Bertz CT molecular complexity index is 1910. The van der Waals surface area contributed by atoms with Gasteiger partial charge in [-0.05, 0) is 5.92 Å². The van der Waals surface area contributed by atoms with Crippen molar-refractivity contribution in [3.8, 4) is 0 Å². The van der Waals surface area contributed by atoms with E-state index in [4.69, 9.17) is 19.5 Å². The average molecular weight is 896 g/mol. The summed E-state index contributed by atoms with van der Waals surface area (Å²) in [6.45, 7) is 3.31. The van der Waals surface area contributed by atoms with Gasteiger partial charge in [-0.25, -0.2) is 28.6 Å². The molecule has 2 aromatic rings. The van der Waals surface area contributed by atoms with E-state index in [1.54, 1.807) is 13.8 Å². The van der Waals surface area contributed by atoms with E-state index in [0.717, 1.165) is 29.0 Å². The van der Waals surface area contributed by atoms with Crippen LogP contribution in [0.5, 0.6) is 0 Å². The number of amides is 2. The first-order valence-corrected chi connectivity index (χ1v) is 22.0. The molecule has 0 saturated carbocycles. The Hall–Kier alpha value is -2.97. The number of carbonyl (C=O) groups excluding carboxylic acids is 3. The van der Waals surface area contributed by atoms with Gasteiger partial charge in [0.25, 0.3) is 0 Å². The molecule has 26 nitrogen and oxygen atoms in total. The fraction of sp³-hybridized carbons (Fsp3) is 0.667. The van der Waals surface area contributed by atoms with Gasteiger partial charge in [0.2, 0.25) is 16.9 Å². The SMILES string of the molecule is CC(C)C(C(=O)O)C(=O)SCCNC(=O)CCNC(=O)[C@H](O)C(C)(C)COP(=O)(O)OP(=O)(O)OC[C@H]1O[C@@H](n2cnc3c(N)ncnc32)[C@H](O)[C@@H]1OP(=O)(O)O. The number of aliphatic carboxylic acids is 1. The number of aliphatic hydroxyl groups is 2. The van der Waals surface area contributed by atoms with Crippen molar-refractivity contribution in [3.05, 3.63) is 12.7 Å². The molecular formula is C27H44N7O19P3S. The Kier molecular flexibility index (Phi) is 16.9. The van der Waals surface area contributed by atoms with E-state index in [1.807, 2.05) is 0 Å². The van der Waals surface area contributed by atoms with Crippen molar-refractivity contribution in [3.63, 3.8) is 0 Å². The standard InChI is InChI=1S/C27H44N7O19P3S/c1-13(2)16(25(39)40)26(41)57-8-7-29-15(35)5-6-30-23(38)20(37)27(3,4)10-50-56(47,48)53-55(45,46)49-9-14-19(52-54(42,43)44)18(36)24(51-14)34-12-33-17-21(28)31-11-32-22(17)34/h11-14,16,18-20,24,36-37H,5-10H2,1-4H3,(H,29,35)(H,30,38)(H,39,40)(H,45,46)(H,47,48)(H2,28,31,32)(H2,42,43,44)/t14-,16?,18-,19-,20+,24-/m1/s1. The lowest BCUT2D eigenvalue weighted by atomic mass is 9.87. The van der Waals surface area contributed by atoms with Crippen LogP contribution in [0.15, 0.2) is 12.7 Å². The molecule has 3 unspecified atom stereocenters. The highest BCUT2D eigenvalue weighted by Crippen LogP contribution is 2.61. The maximum absolute atomic E-state index is 12.7. The molecule has 2 aromatic heterocycles. The van der Waals surface area contributed by atoms with Crippen molar-refractivity contribution in [2.75, 3.05) is 37.8 Å². The Balaban J connectivity index is 1.49. The highest BCUT2D eigenvalue weighted by Gasteiger charge is 2.50. The van der Waals surface area contributed by atoms with Gasteiger partial charge in [0.1, 0.15) is 42.2 Å². The van der Waals surface area contributed by atoms with Crippen LogP contribution in [-0.4, -0.2) is 134 Å². The van der Waals surface area contributed by atoms with Crippen LogP contribution in [0.2, 0.25) is 0 Å². The summed E-state index contributed by atoms with van der Waals surface area (Å²) < 4.78 is 62.0. The first-order chi connectivity index (χ1) is 26.2. The number of fused-ring (bicyclic) bond motifs is 1. The number of nitrogens with zero attached hydrogens (tertiary/aromatic N) is 4. The summed E-state index contributed by atoms with van der Waals surface area (Å²) in [6, 6.07) is 0. The third-order valence-electron chi connectivity index (χ3n) is 7.93. The summed E-state index contributed by atoms with van der Waals surface area (Å²) in [6.07, 6.45) is -7.13. The molecule has 1 aliphatic rings. The molecule has 8 atom stereocenters. The summed E-state index contributed by atoms with van der Waals surface area (Å²) in [5, 5.41) is 34.8. The highest BCUT2D eigenvalue weighted by atomic mass is 32.2. The molecule has 0 aliphatic carbocycles. The number of nitrogens with one attached hydrogen (secondary N) is 2. The molecule has 1 saturated heterocycles. The van der Waals surface area contributed by atoms with Crippen LogP contribution in [0, 0.1) is 17.3 Å². The van der Waals surface area contributed by atoms with Gasteiger partial charge in [-0.15, -0.1) is 0 Å². The van der Waals surface area contributed by atoms with Gasteiger partial charge < -0.3 is 56.0 Å². The molecule has 0 aromatic carbocycles. The number of thioether (sulfide) groups is 1. The predicted octanol–water partition coefficient (Wildman–Crippen LogP) is -0.978. The number of phosphoric acid groups is 3. The molecule has 57 heavy (non-hydrogen) atoms. The predicted molar refractivity (Wildman–Crippen MR) is 193 cm³/mol. The molecule has 30 heteroatoms. The van der Waals surface area contributed by atoms with Crippen molar-refractivity contribution in [2.45, 2.75) is 64.8 Å². The fourth-order valence-electron chi connectivity index (χ4n) is 5.03. The number of carboxylic acids is 1. The second-order valence-corrected chi connectivity index (χ2v) is 18.6. The number of hydrogen-bond acceptors (Lipinski definition) is 19. The summed E-state index contributed by atoms with van der Waals surface area (Å²) in [5.74, 6) is -4.38. The van der Waals surface area contributed by atoms with Crippen LogP contribution in [0.3, 0.4) is 0 Å². The van der Waals surface area contributed by atoms with Crippen LogP contribution in [0.25, 0.3) is 11.2 Å². The van der Waals surface area contributed by atoms with Gasteiger partial charge in [-0.3, -0.25) is 37.3 Å². The second kappa shape index (κ2) is 19.9. The van der Waals surface area contributed by atoms with Gasteiger partial charge in [0.15, 0.2) is 17.7 Å². The number of phosphoric ester groups is 3. The first-order valence-electron chi connectivity index (χ1n) is 16.5. The lowest BCUT2D eigenvalue weighted by molar-refractivity contribution is -0.146. The number of rotatable bonds is 22. The average Bonchev–Trinajstić information content (AvgIpc) is 3.64. The molecule has 11 N–H and O–H groups in total. The minimum absolute atomic E-state index is 0.0184. The topological polar surface area (TPSA) is 401 Å². The molecule has 3 rings (SSSR count). The first kappa shape index (κ1) is 48.4. The number of imidazole rings is 1. The summed E-state index contributed by atoms with van der Waals surface area (Å²) >= 11 is 0.754. The normalized spacial score (nSPS) is 22.1. The number of aromatic nitrogens is 4. The zero-order chi connectivity index (χ0) is 43.1. The van der Waals surface area contributed by atoms with E-state index in [1.165, 1.54) is 13.8 Å². The van der Waals surface area contributed by atoms with Gasteiger partial charge >= 0.3 is 29.4 Å². The largest absolute Gasteiger partial charge is 0.481 e. The number of anilines is 1. The van der Waals surface area contributed by atoms with Crippen molar-refractivity contribution in [2.24, 2.45) is 17.3 Å². The number of nitrogens with two attached hydrogens (primary N) is 1. The smallest absolute Gasteiger partial charge is 0.481 e. The lowest BCUT2D eigenvalue weighted by Crippen LogP contribution is -2.46. The van der Waals surface area contributed by atoms with E-state index in [-0.39, 0.29) is 42.2 Å². The number of hydrogen-bond donors (Lipinski definition) is 10. The monoisotopic (exact) mass is 895 g/mol. The number of carboxylic acid groups (broad SMARTS) is 1. The third kappa shape index (κ3) is 14.1. The van der Waals surface area contributed by atoms with Gasteiger partial charge in [-0.1, -0.05) is 39.5 Å². The maximum Gasteiger partial charge on any atom is 0.481 e. The number of carbonyl (C=O) groups is 4. The summed E-state index contributed by atoms with van der Waals surface area (Å²) in [4.78, 5) is 98.9. The molecule has 0 bridgehead atoms. The Morgan fingerprint density at radius 2 is 1.68 bits per heavy atom. The van der Waals surface area contributed by atoms with Crippen molar-refractivity contribution in [1.82, 2.24) is 30.2 Å². The van der Waals surface area contributed by atoms with Crippen molar-refractivity contribution in [1.29, 1.82) is 0 Å². The Morgan fingerprint density at radius 3 is 2.30 bits per heavy atom. The maximum atomic E-state index is 12.7. The number of aliphatic hydroxyl groups excluding tert-OH is 2. The minimum Gasteiger partial charge on any atom is -0.481 e. The Morgan fingerprint density at radius 1 is 1.04 bits per heavy atom. The molecule has 322 valence electrons. The Labute approximate surface area is 327 Å². The van der Waals surface area contributed by atoms with E-state index >= 15 is 0 Å². The van der Waals surface area contributed by atoms with Gasteiger partial charge in [0, 0.05) is 30.7 Å². The zero-order valence-electron chi connectivity index (χ0n) is 30.6. The molecule has 2 amide bonds. The van der Waals surface area contributed by atoms with E-state index in [0.29, 0.717) is 0 Å². The quantitative estimate of drug-likeness (QED) is 0.0386. The van der Waals surface area contributed by atoms with Gasteiger partial charge in [-0.2, -0.15) is 4.31 Å². The number of ether oxygens (including phenoxy) is 1. The van der Waals surface area contributed by atoms with E-state index < -0.39 is 107 Å². The second-order valence-electron chi connectivity index (χ2n) is 13.3. The van der Waals surface area contributed by atoms with E-state index in [9.17, 15) is 67.8 Å². The van der Waals surface area contributed by atoms with Crippen LogP contribution in [0.4, 0.5) is 5.82 Å². The lowest BCUT2D eigenvalue weighted by Gasteiger charge is -2.30. The molecule has 1 aliphatic heterocycles. The third-order valence-corrected chi connectivity index (χ3v) is 12.0. The minimum atomic E-state index is -5.59. The molecular weight excluding hydrogens is 851 g/mol. The van der Waals surface area contributed by atoms with Crippen molar-refractivity contribution >= 4 is 75.1 Å². The van der Waals surface area contributed by atoms with Crippen LogP contribution in [0.1, 0.15) is 40.3 Å². The molecule has 0 spiro atoms. The molecule has 0 radical (unpaired) electrons. The fourth-order valence-corrected chi connectivity index (χ4v) is 8.82. The highest BCUT2D eigenvalue weighted by molar-refractivity contribution is 8.13. The van der Waals surface area contributed by atoms with Crippen LogP contribution >= 0.6 is 35.2 Å². The molecule has 3 heterocycles.